The average Bonchev–Trinajstić information content (AvgIpc) is 2.30. The summed E-state index contributed by atoms with van der Waals surface area (Å²) in [6.07, 6.45) is 1.91. The third-order valence-corrected chi connectivity index (χ3v) is 5.66. The predicted octanol–water partition coefficient (Wildman–Crippen LogP) is 0.326. The van der Waals surface area contributed by atoms with Gasteiger partial charge in [-0.2, -0.15) is 0 Å². The van der Waals surface area contributed by atoms with Crippen LogP contribution in [0.1, 0.15) is 25.7 Å². The Hall–Kier alpha value is -0.370. The molecule has 116 valence electrons. The van der Waals surface area contributed by atoms with Crippen molar-refractivity contribution in [3.63, 3.8) is 0 Å². The van der Waals surface area contributed by atoms with Gasteiger partial charge in [-0.25, -0.2) is 4.79 Å². The molecule has 0 saturated carbocycles. The molecule has 7 nitrogen and oxygen atoms in total. The lowest BCUT2D eigenvalue weighted by Crippen LogP contribution is -2.59. The van der Waals surface area contributed by atoms with Gasteiger partial charge in [-0.05, 0) is 19.3 Å². The molecule has 1 fully saturated rings. The van der Waals surface area contributed by atoms with Crippen LogP contribution in [0.3, 0.4) is 0 Å². The standard InChI is InChI=1S/C11H20NO6PS/c1-12(6-7-20)5-3-2-4-9(12)8-11(15,10(13)14)19(16,17)18/h7,9,15H,2-6,8H2,1H3,(H2-,13,14,16,17,18)/p+1. The lowest BCUT2D eigenvalue weighted by atomic mass is 9.94. The first-order valence-corrected chi connectivity index (χ1v) is 8.44. The maximum Gasteiger partial charge on any atom is 0.368 e. The zero-order chi connectivity index (χ0) is 15.6. The topological polar surface area (TPSA) is 115 Å². The average molecular weight is 326 g/mol. The number of rotatable bonds is 6. The van der Waals surface area contributed by atoms with Gasteiger partial charge in [0.25, 0.3) is 5.34 Å². The Balaban J connectivity index is 3.06. The third kappa shape index (κ3) is 3.44. The number of carbonyl (C=O) groups is 1. The molecule has 0 bridgehead atoms. The van der Waals surface area contributed by atoms with Crippen LogP contribution >= 0.6 is 19.8 Å². The van der Waals surface area contributed by atoms with E-state index in [1.54, 1.807) is 0 Å². The minimum Gasteiger partial charge on any atom is -0.479 e. The molecule has 1 heterocycles. The minimum atomic E-state index is -5.18. The first-order chi connectivity index (χ1) is 9.07. The molecule has 0 spiro atoms. The number of carboxylic acid groups (broad SMARTS) is 1. The van der Waals surface area contributed by atoms with Crippen molar-refractivity contribution < 1.29 is 33.8 Å². The Morgan fingerprint density at radius 1 is 1.50 bits per heavy atom. The molecule has 3 atom stereocenters. The fraction of sp³-hybridized carbons (Fsp3) is 0.818. The molecule has 1 rings (SSSR count). The van der Waals surface area contributed by atoms with Gasteiger partial charge in [0.1, 0.15) is 6.54 Å². The number of nitrogens with zero attached hydrogens (tertiary/aromatic N) is 1. The Labute approximate surface area is 123 Å². The number of aliphatic hydroxyl groups is 1. The molecule has 3 unspecified atom stereocenters. The van der Waals surface area contributed by atoms with E-state index in [0.717, 1.165) is 19.4 Å². The Bertz CT molecular complexity index is 441. The largest absolute Gasteiger partial charge is 0.479 e. The maximum absolute atomic E-state index is 11.4. The van der Waals surface area contributed by atoms with Gasteiger partial charge in [-0.3, -0.25) is 4.57 Å². The normalized spacial score (nSPS) is 30.5. The minimum absolute atomic E-state index is 0.350. The van der Waals surface area contributed by atoms with Crippen molar-refractivity contribution in [2.24, 2.45) is 0 Å². The highest BCUT2D eigenvalue weighted by Gasteiger charge is 2.56. The van der Waals surface area contributed by atoms with Crippen molar-refractivity contribution in [2.75, 3.05) is 20.1 Å². The van der Waals surface area contributed by atoms with Crippen LogP contribution in [0.2, 0.25) is 0 Å². The zero-order valence-corrected chi connectivity index (χ0v) is 13.0. The molecule has 20 heavy (non-hydrogen) atoms. The first kappa shape index (κ1) is 17.7. The molecule has 1 saturated heterocycles. The summed E-state index contributed by atoms with van der Waals surface area (Å²) in [7, 11) is -3.31. The molecule has 4 N–H and O–H groups in total. The third-order valence-electron chi connectivity index (χ3n) is 4.17. The molecule has 0 amide bonds. The van der Waals surface area contributed by atoms with Gasteiger partial charge in [0.05, 0.1) is 26.1 Å². The van der Waals surface area contributed by atoms with Crippen LogP contribution in [0, 0.1) is 0 Å². The van der Waals surface area contributed by atoms with Crippen LogP contribution in [0.5, 0.6) is 0 Å². The van der Waals surface area contributed by atoms with Gasteiger partial charge in [0, 0.05) is 5.37 Å². The second-order valence-corrected chi connectivity index (χ2v) is 7.73. The van der Waals surface area contributed by atoms with E-state index in [1.807, 2.05) is 7.05 Å². The van der Waals surface area contributed by atoms with E-state index < -0.39 is 25.3 Å². The van der Waals surface area contributed by atoms with E-state index in [9.17, 15) is 24.3 Å². The fourth-order valence-electron chi connectivity index (χ4n) is 2.74. The van der Waals surface area contributed by atoms with Crippen molar-refractivity contribution in [3.05, 3.63) is 0 Å². The van der Waals surface area contributed by atoms with E-state index in [0.29, 0.717) is 17.4 Å². The van der Waals surface area contributed by atoms with Gasteiger partial charge in [0.2, 0.25) is 0 Å². The highest BCUT2D eigenvalue weighted by molar-refractivity contribution is 7.79. The van der Waals surface area contributed by atoms with Crippen molar-refractivity contribution in [3.8, 4) is 0 Å². The fourth-order valence-corrected chi connectivity index (χ4v) is 3.78. The second kappa shape index (κ2) is 6.17. The molecule has 1 aliphatic rings. The van der Waals surface area contributed by atoms with Gasteiger partial charge in [-0.1, -0.05) is 12.2 Å². The summed E-state index contributed by atoms with van der Waals surface area (Å²) in [5.74, 6) is -1.88. The molecule has 0 radical (unpaired) electrons. The SMILES string of the molecule is C[N+]1(CC=S)CCCCC1CC(O)(C(=O)O)P(=O)(O)O. The maximum atomic E-state index is 11.4. The number of thiocarbonyl (C=S) groups is 1. The van der Waals surface area contributed by atoms with Crippen LogP contribution < -0.4 is 0 Å². The lowest BCUT2D eigenvalue weighted by Gasteiger charge is -2.45. The highest BCUT2D eigenvalue weighted by Crippen LogP contribution is 2.52. The molecule has 0 aliphatic carbocycles. The van der Waals surface area contributed by atoms with Gasteiger partial charge in [-0.15, -0.1) is 0 Å². The number of carboxylic acids is 1. The Morgan fingerprint density at radius 2 is 2.10 bits per heavy atom. The molecule has 0 aromatic heterocycles. The summed E-state index contributed by atoms with van der Waals surface area (Å²) in [5, 5.41) is 17.5. The van der Waals surface area contributed by atoms with E-state index in [2.05, 4.69) is 0 Å². The summed E-state index contributed by atoms with van der Waals surface area (Å²) < 4.78 is 11.8. The van der Waals surface area contributed by atoms with E-state index in [4.69, 9.17) is 17.3 Å². The van der Waals surface area contributed by atoms with Crippen LogP contribution in [-0.4, -0.2) is 67.3 Å². The predicted molar refractivity (Wildman–Crippen MR) is 76.5 cm³/mol. The van der Waals surface area contributed by atoms with Crippen molar-refractivity contribution >= 4 is 31.2 Å². The van der Waals surface area contributed by atoms with Gasteiger partial charge in [0.15, 0.2) is 0 Å². The zero-order valence-electron chi connectivity index (χ0n) is 11.3. The molecule has 0 aromatic carbocycles. The smallest absolute Gasteiger partial charge is 0.368 e. The summed E-state index contributed by atoms with van der Waals surface area (Å²) >= 11 is 4.85. The van der Waals surface area contributed by atoms with Crippen molar-refractivity contribution in [2.45, 2.75) is 37.1 Å². The highest BCUT2D eigenvalue weighted by atomic mass is 32.1. The van der Waals surface area contributed by atoms with Crippen LogP contribution in [-0.2, 0) is 9.36 Å². The number of hydrogen-bond donors (Lipinski definition) is 4. The van der Waals surface area contributed by atoms with E-state index in [-0.39, 0.29) is 6.04 Å². The number of likely N-dealkylation sites (tertiary alicyclic amines) is 1. The Morgan fingerprint density at radius 3 is 2.55 bits per heavy atom. The number of aliphatic carboxylic acids is 1. The van der Waals surface area contributed by atoms with Crippen LogP contribution in [0.4, 0.5) is 0 Å². The quantitative estimate of drug-likeness (QED) is 0.316. The van der Waals surface area contributed by atoms with Gasteiger partial charge < -0.3 is 24.5 Å². The Kier molecular flexibility index (Phi) is 5.46. The molecular formula is C11H21NO6PS+. The van der Waals surface area contributed by atoms with Crippen LogP contribution in [0.15, 0.2) is 0 Å². The first-order valence-electron chi connectivity index (χ1n) is 6.36. The summed E-state index contributed by atoms with van der Waals surface area (Å²) in [6, 6.07) is -0.350. The molecule has 1 aliphatic heterocycles. The monoisotopic (exact) mass is 326 g/mol. The molecular weight excluding hydrogens is 305 g/mol. The van der Waals surface area contributed by atoms with Gasteiger partial charge >= 0.3 is 13.6 Å². The van der Waals surface area contributed by atoms with Crippen LogP contribution in [0.25, 0.3) is 0 Å². The van der Waals surface area contributed by atoms with E-state index in [1.165, 1.54) is 5.37 Å². The summed E-state index contributed by atoms with van der Waals surface area (Å²) in [6.45, 7) is 1.24. The van der Waals surface area contributed by atoms with Crippen molar-refractivity contribution in [1.29, 1.82) is 0 Å². The summed E-state index contributed by atoms with van der Waals surface area (Å²) in [4.78, 5) is 29.5. The molecule has 0 aromatic rings. The molecule has 9 heteroatoms. The lowest BCUT2D eigenvalue weighted by molar-refractivity contribution is -0.930. The number of quaternary nitrogens is 1. The summed E-state index contributed by atoms with van der Waals surface area (Å²) in [5.41, 5.74) is 0. The van der Waals surface area contributed by atoms with Crippen molar-refractivity contribution in [1.82, 2.24) is 0 Å². The number of piperidine rings is 1. The van der Waals surface area contributed by atoms with E-state index >= 15 is 0 Å². The second-order valence-electron chi connectivity index (χ2n) is 5.57. The number of hydrogen-bond acceptors (Lipinski definition) is 4.